The zero-order chi connectivity index (χ0) is 21.6. The van der Waals surface area contributed by atoms with E-state index < -0.39 is 0 Å². The maximum Gasteiger partial charge on any atom is 0.265 e. The minimum Gasteiger partial charge on any atom is -0.491 e. The summed E-state index contributed by atoms with van der Waals surface area (Å²) < 4.78 is 11.1. The molecule has 1 aliphatic heterocycles. The molecule has 0 radical (unpaired) electrons. The molecule has 31 heavy (non-hydrogen) atoms. The van der Waals surface area contributed by atoms with E-state index in [1.807, 2.05) is 36.4 Å². The summed E-state index contributed by atoms with van der Waals surface area (Å²) >= 11 is 0. The van der Waals surface area contributed by atoms with E-state index in [2.05, 4.69) is 6.92 Å². The lowest BCUT2D eigenvalue weighted by Gasteiger charge is -2.22. The smallest absolute Gasteiger partial charge is 0.265 e. The zero-order valence-electron chi connectivity index (χ0n) is 17.5. The molecule has 3 aromatic rings. The number of carbonyl (C=O) groups is 2. The van der Waals surface area contributed by atoms with E-state index in [1.165, 1.54) is 4.90 Å². The number of amides is 2. The summed E-state index contributed by atoms with van der Waals surface area (Å²) in [6, 6.07) is 23.2. The third-order valence-electron chi connectivity index (χ3n) is 5.10. The minimum atomic E-state index is -0.366. The number of carbonyl (C=O) groups excluding carboxylic acids is 2. The number of epoxide rings is 1. The Kier molecular flexibility index (Phi) is 6.43. The van der Waals surface area contributed by atoms with Crippen LogP contribution in [-0.2, 0) is 11.2 Å². The van der Waals surface area contributed by atoms with E-state index in [4.69, 9.17) is 9.47 Å². The molecule has 1 atom stereocenters. The van der Waals surface area contributed by atoms with Crippen LogP contribution in [0.4, 0.5) is 5.69 Å². The fourth-order valence-electron chi connectivity index (χ4n) is 3.41. The third kappa shape index (κ3) is 5.01. The van der Waals surface area contributed by atoms with Crippen molar-refractivity contribution in [2.45, 2.75) is 25.9 Å². The molecule has 0 N–H and O–H groups in total. The van der Waals surface area contributed by atoms with Crippen molar-refractivity contribution in [2.75, 3.05) is 18.1 Å². The summed E-state index contributed by atoms with van der Waals surface area (Å²) in [5.41, 5.74) is 2.39. The van der Waals surface area contributed by atoms with Gasteiger partial charge in [0.1, 0.15) is 18.5 Å². The van der Waals surface area contributed by atoms with Crippen LogP contribution in [-0.4, -0.2) is 31.1 Å². The Labute approximate surface area is 182 Å². The van der Waals surface area contributed by atoms with Crippen LogP contribution >= 0.6 is 0 Å². The van der Waals surface area contributed by atoms with Crippen LogP contribution in [0.15, 0.2) is 78.9 Å². The maximum atomic E-state index is 13.5. The first-order chi connectivity index (χ1) is 15.2. The first-order valence-corrected chi connectivity index (χ1v) is 10.5. The largest absolute Gasteiger partial charge is 0.491 e. The van der Waals surface area contributed by atoms with E-state index in [-0.39, 0.29) is 17.9 Å². The third-order valence-corrected chi connectivity index (χ3v) is 5.10. The Hall–Kier alpha value is -3.44. The normalized spacial score (nSPS) is 14.7. The SMILES string of the molecule is CCCc1cc(C(=O)N(C(=O)c2ccccc2)c2ccccc2)ccc1OCC1CO1. The second-order valence-electron chi connectivity index (χ2n) is 7.49. The van der Waals surface area contributed by atoms with Crippen LogP contribution in [0.25, 0.3) is 0 Å². The van der Waals surface area contributed by atoms with E-state index >= 15 is 0 Å². The van der Waals surface area contributed by atoms with E-state index in [1.54, 1.807) is 42.5 Å². The number of hydrogen-bond donors (Lipinski definition) is 0. The summed E-state index contributed by atoms with van der Waals surface area (Å²) in [6.07, 6.45) is 1.85. The number of rotatable bonds is 8. The summed E-state index contributed by atoms with van der Waals surface area (Å²) in [4.78, 5) is 28.1. The Morgan fingerprint density at radius 2 is 1.58 bits per heavy atom. The Morgan fingerprint density at radius 1 is 0.935 bits per heavy atom. The van der Waals surface area contributed by atoms with Gasteiger partial charge in [0.15, 0.2) is 0 Å². The average molecular weight is 415 g/mol. The maximum absolute atomic E-state index is 13.5. The van der Waals surface area contributed by atoms with Crippen molar-refractivity contribution in [3.63, 3.8) is 0 Å². The van der Waals surface area contributed by atoms with Crippen molar-refractivity contribution in [1.29, 1.82) is 0 Å². The molecule has 5 heteroatoms. The highest BCUT2D eigenvalue weighted by Crippen LogP contribution is 2.26. The van der Waals surface area contributed by atoms with Crippen LogP contribution in [0.2, 0.25) is 0 Å². The number of imide groups is 1. The van der Waals surface area contributed by atoms with Crippen molar-refractivity contribution in [3.8, 4) is 5.75 Å². The van der Waals surface area contributed by atoms with Crippen LogP contribution in [0.3, 0.4) is 0 Å². The molecule has 158 valence electrons. The number of anilines is 1. The van der Waals surface area contributed by atoms with E-state index in [9.17, 15) is 9.59 Å². The van der Waals surface area contributed by atoms with Crippen LogP contribution in [0, 0.1) is 0 Å². The van der Waals surface area contributed by atoms with Gasteiger partial charge in [-0.3, -0.25) is 9.59 Å². The topological polar surface area (TPSA) is 59.1 Å². The van der Waals surface area contributed by atoms with Crippen molar-refractivity contribution in [3.05, 3.63) is 95.6 Å². The first kappa shape index (κ1) is 20.8. The van der Waals surface area contributed by atoms with E-state index in [0.717, 1.165) is 30.8 Å². The van der Waals surface area contributed by atoms with Gasteiger partial charge in [0.2, 0.25) is 0 Å². The van der Waals surface area contributed by atoms with Crippen LogP contribution in [0.1, 0.15) is 39.6 Å². The standard InChI is InChI=1S/C26H25NO4/c1-2-9-20-16-21(14-15-24(20)31-18-23-17-30-23)26(29)27(22-12-7-4-8-13-22)25(28)19-10-5-3-6-11-19/h3-8,10-16,23H,2,9,17-18H2,1H3. The summed E-state index contributed by atoms with van der Waals surface area (Å²) in [7, 11) is 0. The van der Waals surface area contributed by atoms with Gasteiger partial charge in [0.05, 0.1) is 12.3 Å². The zero-order valence-corrected chi connectivity index (χ0v) is 17.5. The molecular formula is C26H25NO4. The van der Waals surface area contributed by atoms with Gasteiger partial charge in [-0.25, -0.2) is 4.90 Å². The highest BCUT2D eigenvalue weighted by molar-refractivity contribution is 6.25. The van der Waals surface area contributed by atoms with Gasteiger partial charge in [-0.15, -0.1) is 0 Å². The molecular weight excluding hydrogens is 390 g/mol. The highest BCUT2D eigenvalue weighted by Gasteiger charge is 2.27. The molecule has 1 saturated heterocycles. The van der Waals surface area contributed by atoms with Gasteiger partial charge in [-0.05, 0) is 54.4 Å². The predicted octanol–water partition coefficient (Wildman–Crippen LogP) is 4.90. The Bertz CT molecular complexity index is 1050. The second-order valence-corrected chi connectivity index (χ2v) is 7.49. The van der Waals surface area contributed by atoms with Crippen molar-refractivity contribution in [2.24, 2.45) is 0 Å². The van der Waals surface area contributed by atoms with Gasteiger partial charge in [0.25, 0.3) is 11.8 Å². The molecule has 2 amide bonds. The molecule has 1 fully saturated rings. The van der Waals surface area contributed by atoms with Crippen LogP contribution < -0.4 is 9.64 Å². The molecule has 0 aliphatic carbocycles. The lowest BCUT2D eigenvalue weighted by atomic mass is 10.0. The summed E-state index contributed by atoms with van der Waals surface area (Å²) in [6.45, 7) is 3.32. The number of ether oxygens (including phenoxy) is 2. The van der Waals surface area contributed by atoms with Crippen molar-refractivity contribution < 1.29 is 19.1 Å². The lowest BCUT2D eigenvalue weighted by Crippen LogP contribution is -2.37. The minimum absolute atomic E-state index is 0.160. The number of aryl methyl sites for hydroxylation is 1. The fraction of sp³-hybridized carbons (Fsp3) is 0.231. The van der Waals surface area contributed by atoms with Gasteiger partial charge in [-0.2, -0.15) is 0 Å². The molecule has 1 aliphatic rings. The lowest BCUT2D eigenvalue weighted by molar-refractivity contribution is 0.0897. The average Bonchev–Trinajstić information content (AvgIpc) is 3.64. The quantitative estimate of drug-likeness (QED) is 0.388. The second kappa shape index (κ2) is 9.58. The molecule has 3 aromatic carbocycles. The van der Waals surface area contributed by atoms with Gasteiger partial charge in [0, 0.05) is 11.1 Å². The number of nitrogens with zero attached hydrogens (tertiary/aromatic N) is 1. The molecule has 0 spiro atoms. The molecule has 4 rings (SSSR count). The predicted molar refractivity (Wildman–Crippen MR) is 120 cm³/mol. The number of para-hydroxylation sites is 1. The summed E-state index contributed by atoms with van der Waals surface area (Å²) in [5.74, 6) is 0.0316. The molecule has 1 unspecified atom stereocenters. The molecule has 0 bridgehead atoms. The Balaban J connectivity index is 1.67. The Morgan fingerprint density at radius 3 is 2.23 bits per heavy atom. The van der Waals surface area contributed by atoms with Crippen LogP contribution in [0.5, 0.6) is 5.75 Å². The van der Waals surface area contributed by atoms with Gasteiger partial charge in [-0.1, -0.05) is 49.7 Å². The van der Waals surface area contributed by atoms with Crippen molar-refractivity contribution >= 4 is 17.5 Å². The molecule has 0 saturated carbocycles. The first-order valence-electron chi connectivity index (χ1n) is 10.5. The molecule has 0 aromatic heterocycles. The fourth-order valence-corrected chi connectivity index (χ4v) is 3.41. The monoisotopic (exact) mass is 415 g/mol. The van der Waals surface area contributed by atoms with Gasteiger partial charge >= 0.3 is 0 Å². The highest BCUT2D eigenvalue weighted by atomic mass is 16.6. The van der Waals surface area contributed by atoms with Gasteiger partial charge < -0.3 is 9.47 Å². The van der Waals surface area contributed by atoms with Crippen molar-refractivity contribution in [1.82, 2.24) is 0 Å². The number of benzene rings is 3. The molecule has 5 nitrogen and oxygen atoms in total. The summed E-state index contributed by atoms with van der Waals surface area (Å²) in [5, 5.41) is 0. The van der Waals surface area contributed by atoms with E-state index in [0.29, 0.717) is 23.4 Å². The molecule has 1 heterocycles. The number of hydrogen-bond acceptors (Lipinski definition) is 4.